The molecule has 0 spiro atoms. The molecule has 1 aliphatic heterocycles. The highest BCUT2D eigenvalue weighted by Gasteiger charge is 2.25. The van der Waals surface area contributed by atoms with Crippen LogP contribution in [-0.4, -0.2) is 40.9 Å². The van der Waals surface area contributed by atoms with E-state index in [4.69, 9.17) is 0 Å². The zero-order valence-electron chi connectivity index (χ0n) is 12.2. The molecule has 2 rings (SSSR count). The van der Waals surface area contributed by atoms with Crippen molar-refractivity contribution in [3.8, 4) is 0 Å². The van der Waals surface area contributed by atoms with Gasteiger partial charge in [0.15, 0.2) is 0 Å². The number of hydrogen-bond donors (Lipinski definition) is 1. The largest absolute Gasteiger partial charge is 0.311 e. The zero-order chi connectivity index (χ0) is 13.7. The summed E-state index contributed by atoms with van der Waals surface area (Å²) in [6, 6.07) is 0. The summed E-state index contributed by atoms with van der Waals surface area (Å²) in [7, 11) is 0. The van der Waals surface area contributed by atoms with Crippen molar-refractivity contribution >= 4 is 6.20 Å². The Morgan fingerprint density at radius 2 is 2.37 bits per heavy atom. The van der Waals surface area contributed by atoms with E-state index in [1.165, 1.54) is 31.5 Å². The molecule has 0 aromatic carbocycles. The standard InChI is InChI=1S/C15H26N4/c1-4-19-12-14(11-17-19)10-16-7-9-18-8-5-6-15(2,3)13-18/h4,11-12,16H,1,5-10,13H2,2-3H3. The Balaban J connectivity index is 1.65. The van der Waals surface area contributed by atoms with Crippen LogP contribution in [0.2, 0.25) is 0 Å². The predicted octanol–water partition coefficient (Wildman–Crippen LogP) is 2.20. The number of rotatable bonds is 6. The summed E-state index contributed by atoms with van der Waals surface area (Å²) < 4.78 is 1.74. The molecule has 19 heavy (non-hydrogen) atoms. The van der Waals surface area contributed by atoms with Gasteiger partial charge in [-0.2, -0.15) is 5.10 Å². The number of hydrogen-bond acceptors (Lipinski definition) is 3. The minimum absolute atomic E-state index is 0.489. The third-order valence-corrected chi connectivity index (χ3v) is 3.76. The van der Waals surface area contributed by atoms with Crippen molar-refractivity contribution in [2.75, 3.05) is 26.2 Å². The average molecular weight is 262 g/mol. The first kappa shape index (κ1) is 14.3. The minimum atomic E-state index is 0.489. The molecular formula is C15H26N4. The van der Waals surface area contributed by atoms with E-state index in [1.807, 2.05) is 12.4 Å². The van der Waals surface area contributed by atoms with Gasteiger partial charge in [-0.3, -0.25) is 0 Å². The molecule has 0 aliphatic carbocycles. The lowest BCUT2D eigenvalue weighted by Gasteiger charge is -2.38. The van der Waals surface area contributed by atoms with E-state index in [-0.39, 0.29) is 0 Å². The third-order valence-electron chi connectivity index (χ3n) is 3.76. The molecule has 0 amide bonds. The Morgan fingerprint density at radius 1 is 1.53 bits per heavy atom. The maximum absolute atomic E-state index is 4.17. The summed E-state index contributed by atoms with van der Waals surface area (Å²) >= 11 is 0. The van der Waals surface area contributed by atoms with Crippen molar-refractivity contribution < 1.29 is 0 Å². The van der Waals surface area contributed by atoms with E-state index in [0.717, 1.165) is 19.6 Å². The molecule has 0 unspecified atom stereocenters. The van der Waals surface area contributed by atoms with Crippen LogP contribution in [0, 0.1) is 5.41 Å². The molecule has 1 N–H and O–H groups in total. The van der Waals surface area contributed by atoms with E-state index in [1.54, 1.807) is 10.9 Å². The van der Waals surface area contributed by atoms with Crippen molar-refractivity contribution in [2.45, 2.75) is 33.2 Å². The molecule has 1 aromatic heterocycles. The summed E-state index contributed by atoms with van der Waals surface area (Å²) in [5, 5.41) is 7.65. The number of aromatic nitrogens is 2. The van der Waals surface area contributed by atoms with Crippen LogP contribution in [-0.2, 0) is 6.54 Å². The highest BCUT2D eigenvalue weighted by atomic mass is 15.2. The Hall–Kier alpha value is -1.13. The van der Waals surface area contributed by atoms with Crippen molar-refractivity contribution in [1.29, 1.82) is 0 Å². The van der Waals surface area contributed by atoms with E-state index in [2.05, 4.69) is 35.7 Å². The fourth-order valence-corrected chi connectivity index (χ4v) is 2.77. The molecule has 1 aliphatic rings. The molecule has 0 bridgehead atoms. The van der Waals surface area contributed by atoms with E-state index < -0.39 is 0 Å². The average Bonchev–Trinajstić information content (AvgIpc) is 2.81. The lowest BCUT2D eigenvalue weighted by molar-refractivity contribution is 0.118. The molecule has 1 saturated heterocycles. The van der Waals surface area contributed by atoms with Crippen LogP contribution in [0.3, 0.4) is 0 Å². The van der Waals surface area contributed by atoms with Gasteiger partial charge in [-0.15, -0.1) is 0 Å². The SMILES string of the molecule is C=Cn1cc(CNCCN2CCCC(C)(C)C2)cn1. The molecule has 106 valence electrons. The number of likely N-dealkylation sites (tertiary alicyclic amines) is 1. The Kier molecular flexibility index (Phi) is 4.77. The molecule has 4 nitrogen and oxygen atoms in total. The Labute approximate surface area is 116 Å². The Morgan fingerprint density at radius 3 is 3.05 bits per heavy atom. The van der Waals surface area contributed by atoms with Crippen LogP contribution < -0.4 is 5.32 Å². The van der Waals surface area contributed by atoms with E-state index in [9.17, 15) is 0 Å². The number of piperidine rings is 1. The van der Waals surface area contributed by atoms with Crippen LogP contribution in [0.15, 0.2) is 19.0 Å². The number of nitrogens with one attached hydrogen (secondary N) is 1. The van der Waals surface area contributed by atoms with E-state index in [0.29, 0.717) is 5.41 Å². The van der Waals surface area contributed by atoms with Crippen molar-refractivity contribution in [3.63, 3.8) is 0 Å². The van der Waals surface area contributed by atoms with Gasteiger partial charge in [0, 0.05) is 44.1 Å². The van der Waals surface area contributed by atoms with Gasteiger partial charge in [0.05, 0.1) is 6.20 Å². The number of nitrogens with zero attached hydrogens (tertiary/aromatic N) is 3. The molecule has 0 radical (unpaired) electrons. The third kappa shape index (κ3) is 4.48. The second kappa shape index (κ2) is 6.35. The molecule has 1 aromatic rings. The van der Waals surface area contributed by atoms with Gasteiger partial charge in [-0.05, 0) is 24.8 Å². The molecular weight excluding hydrogens is 236 g/mol. The second-order valence-electron chi connectivity index (χ2n) is 6.23. The smallest absolute Gasteiger partial charge is 0.0538 e. The second-order valence-corrected chi connectivity index (χ2v) is 6.23. The lowest BCUT2D eigenvalue weighted by Crippen LogP contribution is -2.42. The van der Waals surface area contributed by atoms with Crippen molar-refractivity contribution in [3.05, 3.63) is 24.5 Å². The van der Waals surface area contributed by atoms with Gasteiger partial charge in [0.1, 0.15) is 0 Å². The maximum atomic E-state index is 4.17. The highest BCUT2D eigenvalue weighted by Crippen LogP contribution is 2.27. The summed E-state index contributed by atoms with van der Waals surface area (Å²) in [6.45, 7) is 14.0. The summed E-state index contributed by atoms with van der Waals surface area (Å²) in [6.07, 6.45) is 8.29. The lowest BCUT2D eigenvalue weighted by atomic mass is 9.84. The van der Waals surface area contributed by atoms with Crippen LogP contribution in [0.1, 0.15) is 32.3 Å². The fraction of sp³-hybridized carbons (Fsp3) is 0.667. The van der Waals surface area contributed by atoms with Gasteiger partial charge in [-0.25, -0.2) is 4.68 Å². The van der Waals surface area contributed by atoms with Crippen molar-refractivity contribution in [1.82, 2.24) is 20.0 Å². The molecule has 1 fully saturated rings. The fourth-order valence-electron chi connectivity index (χ4n) is 2.77. The van der Waals surface area contributed by atoms with Crippen LogP contribution in [0.4, 0.5) is 0 Å². The monoisotopic (exact) mass is 262 g/mol. The van der Waals surface area contributed by atoms with Crippen LogP contribution in [0.5, 0.6) is 0 Å². The molecule has 2 heterocycles. The van der Waals surface area contributed by atoms with Crippen molar-refractivity contribution in [2.24, 2.45) is 5.41 Å². The first-order valence-electron chi connectivity index (χ1n) is 7.18. The van der Waals surface area contributed by atoms with Gasteiger partial charge in [-0.1, -0.05) is 20.4 Å². The van der Waals surface area contributed by atoms with Gasteiger partial charge >= 0.3 is 0 Å². The first-order valence-corrected chi connectivity index (χ1v) is 7.18. The van der Waals surface area contributed by atoms with Crippen LogP contribution >= 0.6 is 0 Å². The predicted molar refractivity (Wildman–Crippen MR) is 79.8 cm³/mol. The summed E-state index contributed by atoms with van der Waals surface area (Å²) in [5.41, 5.74) is 1.70. The minimum Gasteiger partial charge on any atom is -0.311 e. The normalized spacial score (nSPS) is 19.5. The highest BCUT2D eigenvalue weighted by molar-refractivity contribution is 5.17. The quantitative estimate of drug-likeness (QED) is 0.798. The van der Waals surface area contributed by atoms with Gasteiger partial charge in [0.25, 0.3) is 0 Å². The molecule has 0 atom stereocenters. The summed E-state index contributed by atoms with van der Waals surface area (Å²) in [5.74, 6) is 0. The zero-order valence-corrected chi connectivity index (χ0v) is 12.2. The van der Waals surface area contributed by atoms with Gasteiger partial charge in [0.2, 0.25) is 0 Å². The van der Waals surface area contributed by atoms with Gasteiger partial charge < -0.3 is 10.2 Å². The first-order chi connectivity index (χ1) is 9.09. The molecule has 0 saturated carbocycles. The topological polar surface area (TPSA) is 33.1 Å². The Bertz CT molecular complexity index is 408. The van der Waals surface area contributed by atoms with E-state index >= 15 is 0 Å². The van der Waals surface area contributed by atoms with Crippen LogP contribution in [0.25, 0.3) is 6.20 Å². The molecule has 4 heteroatoms. The summed E-state index contributed by atoms with van der Waals surface area (Å²) in [4.78, 5) is 2.57. The maximum Gasteiger partial charge on any atom is 0.0538 e.